The third-order valence-corrected chi connectivity index (χ3v) is 3.23. The second-order valence-electron chi connectivity index (χ2n) is 5.05. The summed E-state index contributed by atoms with van der Waals surface area (Å²) in [5.74, 6) is -1.09. The number of allylic oxidation sites excluding steroid dienone is 1. The molecule has 0 atom stereocenters. The fourth-order valence-electron chi connectivity index (χ4n) is 2.11. The quantitative estimate of drug-likeness (QED) is 0.281. The predicted molar refractivity (Wildman–Crippen MR) is 75.2 cm³/mol. The number of carbonyl (C=O) groups excluding carboxylic acids is 1. The van der Waals surface area contributed by atoms with E-state index in [1.165, 1.54) is 64.2 Å². The fourth-order valence-corrected chi connectivity index (χ4v) is 2.11. The molecular weight excluding hydrogens is 231 g/mol. The number of carboxylic acid groups (broad SMARTS) is 1. The maximum atomic E-state index is 10.1. The smallest absolute Gasteiger partial charge is 0.545 e. The van der Waals surface area contributed by atoms with Crippen LogP contribution in [0.4, 0.5) is 0 Å². The van der Waals surface area contributed by atoms with Crippen molar-refractivity contribution in [2.45, 2.75) is 84.0 Å². The van der Waals surface area contributed by atoms with Gasteiger partial charge in [0.25, 0.3) is 0 Å². The largest absolute Gasteiger partial charge is 1.00 e. The predicted octanol–water partition coefficient (Wildman–Crippen LogP) is 0.998. The van der Waals surface area contributed by atoms with E-state index in [1.54, 1.807) is 6.08 Å². The van der Waals surface area contributed by atoms with Crippen LogP contribution in [0.15, 0.2) is 12.2 Å². The Kier molecular flexibility index (Phi) is 19.8. The summed E-state index contributed by atoms with van der Waals surface area (Å²) in [6, 6.07) is 0. The molecule has 0 aliphatic rings. The molecule has 106 valence electrons. The van der Waals surface area contributed by atoms with Crippen LogP contribution in [0.3, 0.4) is 0 Å². The molecule has 0 aliphatic carbocycles. The van der Waals surface area contributed by atoms with Crippen molar-refractivity contribution in [3.05, 3.63) is 12.2 Å². The van der Waals surface area contributed by atoms with Crippen molar-refractivity contribution >= 4 is 5.97 Å². The molecule has 0 aromatic heterocycles. The second-order valence-corrected chi connectivity index (χ2v) is 5.05. The summed E-state index contributed by atoms with van der Waals surface area (Å²) in [6.45, 7) is 2.25. The summed E-state index contributed by atoms with van der Waals surface area (Å²) < 4.78 is 0. The maximum Gasteiger partial charge on any atom is 1.00 e. The van der Waals surface area contributed by atoms with Gasteiger partial charge in [0.1, 0.15) is 0 Å². The standard InChI is InChI=1S/C16H30O2.Li/c1-2-3-4-5-6-7-8-9-10-11-12-13-14-15-16(17)18;/h14-15H,2-13H2,1H3,(H,17,18);/q;+1/p-1. The number of unbranched alkanes of at least 4 members (excludes halogenated alkanes) is 11. The van der Waals surface area contributed by atoms with E-state index in [9.17, 15) is 9.90 Å². The van der Waals surface area contributed by atoms with Crippen LogP contribution in [0, 0.1) is 0 Å². The van der Waals surface area contributed by atoms with Crippen LogP contribution in [-0.2, 0) is 4.79 Å². The Bertz CT molecular complexity index is 215. The summed E-state index contributed by atoms with van der Waals surface area (Å²) in [5, 5.41) is 10.1. The first-order chi connectivity index (χ1) is 8.77. The normalized spacial score (nSPS) is 10.6. The van der Waals surface area contributed by atoms with Gasteiger partial charge in [-0.25, -0.2) is 0 Å². The van der Waals surface area contributed by atoms with Gasteiger partial charge in [0.15, 0.2) is 0 Å². The minimum atomic E-state index is -1.09. The van der Waals surface area contributed by atoms with Gasteiger partial charge < -0.3 is 9.90 Å². The first kappa shape index (κ1) is 21.1. The van der Waals surface area contributed by atoms with E-state index < -0.39 is 5.97 Å². The van der Waals surface area contributed by atoms with E-state index in [4.69, 9.17) is 0 Å². The van der Waals surface area contributed by atoms with Crippen LogP contribution in [-0.4, -0.2) is 5.97 Å². The van der Waals surface area contributed by atoms with E-state index >= 15 is 0 Å². The van der Waals surface area contributed by atoms with Crippen molar-refractivity contribution in [2.24, 2.45) is 0 Å². The molecule has 0 aromatic carbocycles. The van der Waals surface area contributed by atoms with E-state index in [0.717, 1.165) is 18.9 Å². The van der Waals surface area contributed by atoms with Crippen LogP contribution < -0.4 is 24.0 Å². The second kappa shape index (κ2) is 17.8. The number of rotatable bonds is 13. The Morgan fingerprint density at radius 3 is 1.68 bits per heavy atom. The van der Waals surface area contributed by atoms with Gasteiger partial charge in [-0.1, -0.05) is 77.2 Å². The molecule has 19 heavy (non-hydrogen) atoms. The molecule has 0 spiro atoms. The third kappa shape index (κ3) is 20.3. The molecule has 0 saturated carbocycles. The van der Waals surface area contributed by atoms with E-state index in [0.29, 0.717) is 0 Å². The molecule has 0 heterocycles. The first-order valence-corrected chi connectivity index (χ1v) is 7.65. The van der Waals surface area contributed by atoms with E-state index in [-0.39, 0.29) is 18.9 Å². The topological polar surface area (TPSA) is 40.1 Å². The Hall–Kier alpha value is -0.193. The van der Waals surface area contributed by atoms with Gasteiger partial charge in [0.05, 0.1) is 5.97 Å². The number of carbonyl (C=O) groups is 1. The van der Waals surface area contributed by atoms with Crippen LogP contribution >= 0.6 is 0 Å². The third-order valence-electron chi connectivity index (χ3n) is 3.23. The van der Waals surface area contributed by atoms with Gasteiger partial charge in [-0.05, 0) is 18.9 Å². The molecular formula is C16H29LiO2. The summed E-state index contributed by atoms with van der Waals surface area (Å²) in [4.78, 5) is 10.1. The van der Waals surface area contributed by atoms with Crippen LogP contribution in [0.25, 0.3) is 0 Å². The average molecular weight is 260 g/mol. The van der Waals surface area contributed by atoms with E-state index in [2.05, 4.69) is 6.92 Å². The van der Waals surface area contributed by atoms with Crippen LogP contribution in [0.5, 0.6) is 0 Å². The van der Waals surface area contributed by atoms with Crippen molar-refractivity contribution in [1.29, 1.82) is 0 Å². The molecule has 0 amide bonds. The number of hydrogen-bond donors (Lipinski definition) is 0. The molecule has 0 saturated heterocycles. The molecule has 0 N–H and O–H groups in total. The van der Waals surface area contributed by atoms with Crippen molar-refractivity contribution in [3.63, 3.8) is 0 Å². The Morgan fingerprint density at radius 2 is 1.26 bits per heavy atom. The molecule has 0 aliphatic heterocycles. The summed E-state index contributed by atoms with van der Waals surface area (Å²) >= 11 is 0. The van der Waals surface area contributed by atoms with Crippen molar-refractivity contribution in [1.82, 2.24) is 0 Å². The van der Waals surface area contributed by atoms with Gasteiger partial charge in [-0.3, -0.25) is 0 Å². The van der Waals surface area contributed by atoms with Crippen LogP contribution in [0.1, 0.15) is 84.0 Å². The average Bonchev–Trinajstić information content (AvgIpc) is 2.34. The van der Waals surface area contributed by atoms with Crippen LogP contribution in [0.2, 0.25) is 0 Å². The summed E-state index contributed by atoms with van der Waals surface area (Å²) in [7, 11) is 0. The van der Waals surface area contributed by atoms with Gasteiger partial charge in [0.2, 0.25) is 0 Å². The number of aliphatic carboxylic acids is 1. The van der Waals surface area contributed by atoms with Gasteiger partial charge in [-0.15, -0.1) is 0 Å². The Morgan fingerprint density at radius 1 is 0.842 bits per heavy atom. The first-order valence-electron chi connectivity index (χ1n) is 7.65. The zero-order valence-corrected chi connectivity index (χ0v) is 13.0. The molecule has 2 nitrogen and oxygen atoms in total. The molecule has 3 heteroatoms. The zero-order valence-electron chi connectivity index (χ0n) is 13.0. The minimum absolute atomic E-state index is 0. The Balaban J connectivity index is 0. The zero-order chi connectivity index (χ0) is 13.5. The van der Waals surface area contributed by atoms with Gasteiger partial charge >= 0.3 is 18.9 Å². The summed E-state index contributed by atoms with van der Waals surface area (Å²) in [6.07, 6.45) is 18.3. The molecule has 0 fully saturated rings. The molecule has 0 bridgehead atoms. The van der Waals surface area contributed by atoms with E-state index in [1.807, 2.05) is 0 Å². The monoisotopic (exact) mass is 260 g/mol. The Labute approximate surface area is 131 Å². The molecule has 0 aromatic rings. The van der Waals surface area contributed by atoms with Crippen molar-refractivity contribution < 1.29 is 28.8 Å². The summed E-state index contributed by atoms with van der Waals surface area (Å²) in [5.41, 5.74) is 0. The molecule has 0 rings (SSSR count). The minimum Gasteiger partial charge on any atom is -0.545 e. The fraction of sp³-hybridized carbons (Fsp3) is 0.812. The van der Waals surface area contributed by atoms with Gasteiger partial charge in [0, 0.05) is 0 Å². The molecule has 0 radical (unpaired) electrons. The molecule has 0 unspecified atom stereocenters. The SMILES string of the molecule is CCCCCCCCCCCCCC=CC(=O)[O-].[Li+]. The number of carboxylic acids is 1. The maximum absolute atomic E-state index is 10.1. The van der Waals surface area contributed by atoms with Crippen molar-refractivity contribution in [3.8, 4) is 0 Å². The number of hydrogen-bond acceptors (Lipinski definition) is 2. The van der Waals surface area contributed by atoms with Gasteiger partial charge in [-0.2, -0.15) is 0 Å². The van der Waals surface area contributed by atoms with Crippen molar-refractivity contribution in [2.75, 3.05) is 0 Å².